The van der Waals surface area contributed by atoms with Gasteiger partial charge in [-0.2, -0.15) is 0 Å². The van der Waals surface area contributed by atoms with Gasteiger partial charge < -0.3 is 19.9 Å². The number of hydrogen-bond donors (Lipinski definition) is 1. The number of amides is 1. The lowest BCUT2D eigenvalue weighted by Crippen LogP contribution is -2.46. The Kier molecular flexibility index (Phi) is 5.58. The Hall–Kier alpha value is -2.08. The van der Waals surface area contributed by atoms with Crippen molar-refractivity contribution in [2.45, 2.75) is 50.0 Å². The molecule has 2 fully saturated rings. The molecular formula is C22H32N4O2. The molecule has 2 aliphatic heterocycles. The largest absolute Gasteiger partial charge is 0.376 e. The van der Waals surface area contributed by atoms with Crippen LogP contribution in [0.4, 0.5) is 5.69 Å². The molecule has 3 aliphatic rings. The minimum absolute atomic E-state index is 0.0134. The Morgan fingerprint density at radius 1 is 1.29 bits per heavy atom. The summed E-state index contributed by atoms with van der Waals surface area (Å²) < 4.78 is 5.78. The van der Waals surface area contributed by atoms with Crippen molar-refractivity contribution < 1.29 is 9.53 Å². The van der Waals surface area contributed by atoms with Gasteiger partial charge in [0.05, 0.1) is 6.10 Å². The first-order chi connectivity index (χ1) is 13.6. The number of benzene rings is 1. The molecule has 1 spiro atoms. The average Bonchev–Trinajstić information content (AvgIpc) is 3.44. The summed E-state index contributed by atoms with van der Waals surface area (Å²) in [6, 6.07) is 8.72. The minimum Gasteiger partial charge on any atom is -0.376 e. The van der Waals surface area contributed by atoms with Crippen molar-refractivity contribution in [2.75, 3.05) is 45.2 Å². The number of nitrogens with zero attached hydrogens (tertiary/aromatic N) is 3. The van der Waals surface area contributed by atoms with Crippen LogP contribution in [0.1, 0.15) is 44.1 Å². The second-order valence-corrected chi connectivity index (χ2v) is 8.53. The van der Waals surface area contributed by atoms with Crippen molar-refractivity contribution in [3.63, 3.8) is 0 Å². The lowest BCUT2D eigenvalue weighted by molar-refractivity contribution is -0.127. The molecule has 0 bridgehead atoms. The van der Waals surface area contributed by atoms with Crippen LogP contribution in [0, 0.1) is 0 Å². The van der Waals surface area contributed by atoms with Crippen LogP contribution in [0.25, 0.3) is 0 Å². The maximum absolute atomic E-state index is 12.2. The molecule has 1 saturated heterocycles. The summed E-state index contributed by atoms with van der Waals surface area (Å²) in [4.78, 5) is 20.8. The van der Waals surface area contributed by atoms with Gasteiger partial charge in [0.2, 0.25) is 5.91 Å². The normalized spacial score (nSPS) is 23.3. The van der Waals surface area contributed by atoms with Crippen molar-refractivity contribution in [3.8, 4) is 0 Å². The van der Waals surface area contributed by atoms with E-state index < -0.39 is 0 Å². The third-order valence-electron chi connectivity index (χ3n) is 6.42. The van der Waals surface area contributed by atoms with E-state index in [1.54, 1.807) is 19.0 Å². The van der Waals surface area contributed by atoms with Crippen molar-refractivity contribution in [2.24, 2.45) is 4.99 Å². The van der Waals surface area contributed by atoms with Gasteiger partial charge in [-0.15, -0.1) is 0 Å². The number of guanidine groups is 1. The molecule has 2 heterocycles. The van der Waals surface area contributed by atoms with Crippen molar-refractivity contribution in [1.29, 1.82) is 0 Å². The Morgan fingerprint density at radius 3 is 2.79 bits per heavy atom. The van der Waals surface area contributed by atoms with Crippen LogP contribution in [-0.4, -0.2) is 63.2 Å². The van der Waals surface area contributed by atoms with Crippen LogP contribution < -0.4 is 10.2 Å². The number of aliphatic imine (C=N–C) groups is 1. The molecule has 1 saturated carbocycles. The first-order valence-corrected chi connectivity index (χ1v) is 10.6. The first kappa shape index (κ1) is 19.2. The number of ether oxygens (including phenoxy) is 1. The smallest absolute Gasteiger partial charge is 0.243 e. The SMILES string of the molecule is CN(C)C(=O)CN=C(NCC1CCCO1)N1CC2(CCCC2)c2ccccc21. The molecule has 1 aliphatic carbocycles. The molecule has 6 nitrogen and oxygen atoms in total. The Labute approximate surface area is 167 Å². The van der Waals surface area contributed by atoms with Gasteiger partial charge in [0.25, 0.3) is 0 Å². The molecule has 1 aromatic carbocycles. The lowest BCUT2D eigenvalue weighted by atomic mass is 9.81. The second kappa shape index (κ2) is 8.11. The van der Waals surface area contributed by atoms with Gasteiger partial charge in [0, 0.05) is 44.9 Å². The highest BCUT2D eigenvalue weighted by molar-refractivity contribution is 5.99. The molecule has 0 aromatic heterocycles. The van der Waals surface area contributed by atoms with Crippen LogP contribution in [0.3, 0.4) is 0 Å². The maximum atomic E-state index is 12.2. The van der Waals surface area contributed by atoms with Crippen LogP contribution >= 0.6 is 0 Å². The van der Waals surface area contributed by atoms with E-state index in [-0.39, 0.29) is 24.0 Å². The number of fused-ring (bicyclic) bond motifs is 2. The highest BCUT2D eigenvalue weighted by Gasteiger charge is 2.45. The fourth-order valence-electron chi connectivity index (χ4n) is 4.83. The summed E-state index contributed by atoms with van der Waals surface area (Å²) in [7, 11) is 3.55. The molecule has 1 unspecified atom stereocenters. The van der Waals surface area contributed by atoms with Crippen LogP contribution in [0.15, 0.2) is 29.3 Å². The van der Waals surface area contributed by atoms with E-state index in [4.69, 9.17) is 9.73 Å². The minimum atomic E-state index is 0.0134. The quantitative estimate of drug-likeness (QED) is 0.640. The molecule has 152 valence electrons. The molecule has 0 radical (unpaired) electrons. The van der Waals surface area contributed by atoms with E-state index >= 15 is 0 Å². The van der Waals surface area contributed by atoms with Gasteiger partial charge in [-0.25, -0.2) is 4.99 Å². The number of rotatable bonds is 4. The van der Waals surface area contributed by atoms with Gasteiger partial charge >= 0.3 is 0 Å². The third kappa shape index (κ3) is 3.75. The van der Waals surface area contributed by atoms with Gasteiger partial charge in [-0.3, -0.25) is 4.79 Å². The monoisotopic (exact) mass is 384 g/mol. The van der Waals surface area contributed by atoms with Gasteiger partial charge in [0.1, 0.15) is 6.54 Å². The predicted octanol–water partition coefficient (Wildman–Crippen LogP) is 2.53. The Morgan fingerprint density at radius 2 is 2.07 bits per heavy atom. The zero-order chi connectivity index (χ0) is 19.6. The molecule has 4 rings (SSSR count). The van der Waals surface area contributed by atoms with E-state index in [1.807, 2.05) is 0 Å². The first-order valence-electron chi connectivity index (χ1n) is 10.6. The number of likely N-dealkylation sites (N-methyl/N-ethyl adjacent to an activating group) is 1. The zero-order valence-corrected chi connectivity index (χ0v) is 17.1. The summed E-state index contributed by atoms with van der Waals surface area (Å²) in [5, 5.41) is 3.53. The van der Waals surface area contributed by atoms with Gasteiger partial charge in [-0.05, 0) is 37.3 Å². The predicted molar refractivity (Wildman–Crippen MR) is 112 cm³/mol. The zero-order valence-electron chi connectivity index (χ0n) is 17.1. The fraction of sp³-hybridized carbons (Fsp3) is 0.636. The standard InChI is InChI=1S/C22H32N4O2/c1-25(2)20(27)15-24-21(23-14-17-8-7-13-28-17)26-16-22(11-5-6-12-22)18-9-3-4-10-19(18)26/h3-4,9-10,17H,5-8,11-16H2,1-2H3,(H,23,24). The maximum Gasteiger partial charge on any atom is 0.243 e. The van der Waals surface area contributed by atoms with Crippen LogP contribution in [0.2, 0.25) is 0 Å². The van der Waals surface area contributed by atoms with Crippen LogP contribution in [0.5, 0.6) is 0 Å². The van der Waals surface area contributed by atoms with Crippen molar-refractivity contribution in [3.05, 3.63) is 29.8 Å². The van der Waals surface area contributed by atoms with E-state index in [1.165, 1.54) is 36.9 Å². The Bertz CT molecular complexity index is 734. The Balaban J connectivity index is 1.59. The van der Waals surface area contributed by atoms with E-state index in [0.717, 1.165) is 38.5 Å². The number of nitrogens with one attached hydrogen (secondary N) is 1. The summed E-state index contributed by atoms with van der Waals surface area (Å²) in [6.45, 7) is 2.68. The van der Waals surface area contributed by atoms with E-state index in [0.29, 0.717) is 0 Å². The summed E-state index contributed by atoms with van der Waals surface area (Å²) >= 11 is 0. The molecule has 1 amide bonds. The lowest BCUT2D eigenvalue weighted by Gasteiger charge is -2.27. The number of para-hydroxylation sites is 1. The third-order valence-corrected chi connectivity index (χ3v) is 6.42. The summed E-state index contributed by atoms with van der Waals surface area (Å²) in [5.41, 5.74) is 2.91. The molecule has 6 heteroatoms. The molecule has 1 aromatic rings. The number of hydrogen-bond acceptors (Lipinski definition) is 3. The van der Waals surface area contributed by atoms with Crippen molar-refractivity contribution >= 4 is 17.6 Å². The average molecular weight is 385 g/mol. The highest BCUT2D eigenvalue weighted by Crippen LogP contribution is 2.50. The number of anilines is 1. The second-order valence-electron chi connectivity index (χ2n) is 8.53. The fourth-order valence-corrected chi connectivity index (χ4v) is 4.83. The molecule has 1 N–H and O–H groups in total. The number of carbonyl (C=O) groups excluding carboxylic acids is 1. The van der Waals surface area contributed by atoms with Crippen LogP contribution in [-0.2, 0) is 14.9 Å². The highest BCUT2D eigenvalue weighted by atomic mass is 16.5. The van der Waals surface area contributed by atoms with Gasteiger partial charge in [0.15, 0.2) is 5.96 Å². The van der Waals surface area contributed by atoms with Crippen molar-refractivity contribution in [1.82, 2.24) is 10.2 Å². The molecule has 1 atom stereocenters. The summed E-state index contributed by atoms with van der Waals surface area (Å²) in [5.74, 6) is 0.821. The topological polar surface area (TPSA) is 57.2 Å². The van der Waals surface area contributed by atoms with Gasteiger partial charge in [-0.1, -0.05) is 31.0 Å². The summed E-state index contributed by atoms with van der Waals surface area (Å²) in [6.07, 6.45) is 7.47. The number of carbonyl (C=O) groups is 1. The van der Waals surface area contributed by atoms with E-state index in [9.17, 15) is 4.79 Å². The molecule has 28 heavy (non-hydrogen) atoms. The molecular weight excluding hydrogens is 352 g/mol. The van der Waals surface area contributed by atoms with E-state index in [2.05, 4.69) is 34.5 Å².